The summed E-state index contributed by atoms with van der Waals surface area (Å²) in [6, 6.07) is 9.59. The van der Waals surface area contributed by atoms with Crippen LogP contribution in [-0.4, -0.2) is 49.8 Å². The first-order valence-electron chi connectivity index (χ1n) is 10.9. The molecule has 1 aliphatic carbocycles. The average molecular weight is 490 g/mol. The van der Waals surface area contributed by atoms with E-state index in [0.29, 0.717) is 23.6 Å². The van der Waals surface area contributed by atoms with Crippen LogP contribution in [0.3, 0.4) is 0 Å². The second-order valence-electron chi connectivity index (χ2n) is 8.14. The van der Waals surface area contributed by atoms with Gasteiger partial charge < -0.3 is 9.64 Å². The number of nitro benzene ring substituents is 1. The molecule has 0 radical (unpaired) electrons. The van der Waals surface area contributed by atoms with Crippen molar-refractivity contribution in [3.63, 3.8) is 0 Å². The Hall–Kier alpha value is -3.47. The minimum atomic E-state index is -4.07. The van der Waals surface area contributed by atoms with Gasteiger partial charge in [0.25, 0.3) is 21.6 Å². The van der Waals surface area contributed by atoms with Crippen LogP contribution >= 0.6 is 0 Å². The van der Waals surface area contributed by atoms with Crippen molar-refractivity contribution in [2.75, 3.05) is 24.4 Å². The highest BCUT2D eigenvalue weighted by molar-refractivity contribution is 7.92. The molecule has 0 aliphatic heterocycles. The topological polar surface area (TPSA) is 136 Å². The predicted molar refractivity (Wildman–Crippen MR) is 125 cm³/mol. The minimum absolute atomic E-state index is 0.104. The zero-order valence-electron chi connectivity index (χ0n) is 19.0. The van der Waals surface area contributed by atoms with Crippen molar-refractivity contribution in [3.8, 4) is 0 Å². The normalized spacial score (nSPS) is 13.2. The number of nitrogens with zero attached hydrogens (tertiary/aromatic N) is 2. The third-order valence-corrected chi connectivity index (χ3v) is 6.80. The number of sulfonamides is 1. The molecule has 0 bridgehead atoms. The van der Waals surface area contributed by atoms with Crippen molar-refractivity contribution in [2.45, 2.75) is 38.0 Å². The molecule has 0 atom stereocenters. The lowest BCUT2D eigenvalue weighted by atomic mass is 10.1. The largest absolute Gasteiger partial charge is 0.466 e. The van der Waals surface area contributed by atoms with Gasteiger partial charge in [0.2, 0.25) is 0 Å². The van der Waals surface area contributed by atoms with Gasteiger partial charge in [-0.1, -0.05) is 6.07 Å². The maximum absolute atomic E-state index is 13.0. The Morgan fingerprint density at radius 3 is 2.44 bits per heavy atom. The highest BCUT2D eigenvalue weighted by Gasteiger charge is 2.28. The second-order valence-corrected chi connectivity index (χ2v) is 9.82. The first kappa shape index (κ1) is 25.2. The van der Waals surface area contributed by atoms with Crippen LogP contribution in [0.2, 0.25) is 0 Å². The van der Waals surface area contributed by atoms with E-state index < -0.39 is 14.9 Å². The number of anilines is 1. The van der Waals surface area contributed by atoms with Gasteiger partial charge in [0, 0.05) is 36.0 Å². The smallest absolute Gasteiger partial charge is 0.307 e. The molecule has 1 saturated carbocycles. The van der Waals surface area contributed by atoms with E-state index in [0.717, 1.165) is 18.9 Å². The molecule has 1 aliphatic rings. The molecule has 11 heteroatoms. The fraction of sp³-hybridized carbons (Fsp3) is 0.391. The fourth-order valence-corrected chi connectivity index (χ4v) is 4.46. The highest BCUT2D eigenvalue weighted by atomic mass is 32.2. The molecule has 10 nitrogen and oxygen atoms in total. The molecule has 0 spiro atoms. The Bertz CT molecular complexity index is 1180. The summed E-state index contributed by atoms with van der Waals surface area (Å²) in [5, 5.41) is 11.1. The van der Waals surface area contributed by atoms with Crippen molar-refractivity contribution in [1.82, 2.24) is 4.90 Å². The van der Waals surface area contributed by atoms with Crippen molar-refractivity contribution in [3.05, 3.63) is 63.7 Å². The number of carbonyl (C=O) groups excluding carboxylic acids is 2. The number of benzene rings is 2. The van der Waals surface area contributed by atoms with E-state index in [1.165, 1.54) is 43.3 Å². The van der Waals surface area contributed by atoms with Gasteiger partial charge in [0.15, 0.2) is 0 Å². The molecule has 0 heterocycles. The summed E-state index contributed by atoms with van der Waals surface area (Å²) in [7, 11) is -4.07. The molecular formula is C23H27N3O7S. The Morgan fingerprint density at radius 2 is 1.85 bits per heavy atom. The number of ether oxygens (including phenoxy) is 1. The molecule has 3 rings (SSSR count). The molecule has 1 fully saturated rings. The molecule has 0 saturated heterocycles. The fourth-order valence-electron chi connectivity index (χ4n) is 3.38. The highest BCUT2D eigenvalue weighted by Crippen LogP contribution is 2.30. The van der Waals surface area contributed by atoms with Gasteiger partial charge in [0.1, 0.15) is 0 Å². The van der Waals surface area contributed by atoms with Crippen LogP contribution in [0.1, 0.15) is 42.1 Å². The number of hydrogen-bond donors (Lipinski definition) is 1. The van der Waals surface area contributed by atoms with Gasteiger partial charge in [-0.15, -0.1) is 0 Å². The van der Waals surface area contributed by atoms with Gasteiger partial charge in [-0.25, -0.2) is 8.42 Å². The summed E-state index contributed by atoms with van der Waals surface area (Å²) in [6.45, 7) is 4.33. The molecule has 0 aromatic heterocycles. The molecule has 182 valence electrons. The lowest BCUT2D eigenvalue weighted by Crippen LogP contribution is -2.35. The van der Waals surface area contributed by atoms with E-state index in [1.807, 2.05) is 0 Å². The number of rotatable bonds is 11. The summed E-state index contributed by atoms with van der Waals surface area (Å²) in [5.41, 5.74) is 0.631. The van der Waals surface area contributed by atoms with E-state index in [4.69, 9.17) is 4.74 Å². The van der Waals surface area contributed by atoms with Crippen LogP contribution in [0.4, 0.5) is 11.4 Å². The van der Waals surface area contributed by atoms with E-state index in [9.17, 15) is 28.1 Å². The molecule has 34 heavy (non-hydrogen) atoms. The van der Waals surface area contributed by atoms with Gasteiger partial charge >= 0.3 is 5.97 Å². The molecule has 1 N–H and O–H groups in total. The van der Waals surface area contributed by atoms with Crippen LogP contribution in [0.5, 0.6) is 0 Å². The third kappa shape index (κ3) is 6.53. The van der Waals surface area contributed by atoms with Crippen LogP contribution in [0.15, 0.2) is 47.4 Å². The van der Waals surface area contributed by atoms with Gasteiger partial charge in [-0.05, 0) is 62.9 Å². The number of esters is 1. The lowest BCUT2D eigenvalue weighted by Gasteiger charge is -2.22. The van der Waals surface area contributed by atoms with Gasteiger partial charge in [-0.3, -0.25) is 24.4 Å². The summed E-state index contributed by atoms with van der Waals surface area (Å²) >= 11 is 0. The van der Waals surface area contributed by atoms with Crippen LogP contribution < -0.4 is 4.72 Å². The standard InChI is InChI=1S/C23H27N3O7S/c1-3-33-22(27)12-13-25(15-17-5-6-17)23(28)18-7-9-19(10-8-18)24-34(31,32)20-11-4-16(2)21(14-20)26(29)30/h4,7-11,14,17,24H,3,5-6,12-13,15H2,1-2H3. The Balaban J connectivity index is 1.71. The van der Waals surface area contributed by atoms with Crippen molar-refractivity contribution < 1.29 is 27.7 Å². The zero-order valence-corrected chi connectivity index (χ0v) is 19.8. The van der Waals surface area contributed by atoms with Crippen LogP contribution in [0.25, 0.3) is 0 Å². The summed E-state index contributed by atoms with van der Waals surface area (Å²) in [4.78, 5) is 36.6. The van der Waals surface area contributed by atoms with Crippen LogP contribution in [0, 0.1) is 23.0 Å². The first-order chi connectivity index (χ1) is 16.1. The quantitative estimate of drug-likeness (QED) is 0.290. The summed E-state index contributed by atoms with van der Waals surface area (Å²) in [6.07, 6.45) is 2.19. The number of aryl methyl sites for hydroxylation is 1. The van der Waals surface area contributed by atoms with Gasteiger partial charge in [0.05, 0.1) is 22.8 Å². The van der Waals surface area contributed by atoms with Crippen molar-refractivity contribution in [2.24, 2.45) is 5.92 Å². The maximum Gasteiger partial charge on any atom is 0.307 e. The Morgan fingerprint density at radius 1 is 1.18 bits per heavy atom. The zero-order chi connectivity index (χ0) is 24.9. The molecular weight excluding hydrogens is 462 g/mol. The SMILES string of the molecule is CCOC(=O)CCN(CC1CC1)C(=O)c1ccc(NS(=O)(=O)c2ccc(C)c([N+](=O)[O-])c2)cc1. The maximum atomic E-state index is 13.0. The van der Waals surface area contributed by atoms with Crippen molar-refractivity contribution >= 4 is 33.3 Å². The molecule has 1 amide bonds. The van der Waals surface area contributed by atoms with E-state index >= 15 is 0 Å². The number of carbonyl (C=O) groups is 2. The number of nitrogens with one attached hydrogen (secondary N) is 1. The summed E-state index contributed by atoms with van der Waals surface area (Å²) < 4.78 is 32.7. The van der Waals surface area contributed by atoms with E-state index in [-0.39, 0.29) is 47.7 Å². The van der Waals surface area contributed by atoms with Crippen molar-refractivity contribution in [1.29, 1.82) is 0 Å². The first-order valence-corrected chi connectivity index (χ1v) is 12.4. The molecule has 0 unspecified atom stereocenters. The van der Waals surface area contributed by atoms with E-state index in [1.54, 1.807) is 11.8 Å². The Kier molecular flexibility index (Phi) is 7.87. The lowest BCUT2D eigenvalue weighted by molar-refractivity contribution is -0.385. The second kappa shape index (κ2) is 10.6. The molecule has 2 aromatic carbocycles. The molecule has 2 aromatic rings. The Labute approximate surface area is 198 Å². The number of hydrogen-bond acceptors (Lipinski definition) is 7. The minimum Gasteiger partial charge on any atom is -0.466 e. The predicted octanol–water partition coefficient (Wildman–Crippen LogP) is 3.51. The number of nitro groups is 1. The summed E-state index contributed by atoms with van der Waals surface area (Å²) in [5.74, 6) is -0.187. The third-order valence-electron chi connectivity index (χ3n) is 5.43. The van der Waals surface area contributed by atoms with Gasteiger partial charge in [-0.2, -0.15) is 0 Å². The monoisotopic (exact) mass is 489 g/mol. The average Bonchev–Trinajstić information content (AvgIpc) is 3.61. The van der Waals surface area contributed by atoms with Crippen LogP contribution in [-0.2, 0) is 19.6 Å². The van der Waals surface area contributed by atoms with E-state index in [2.05, 4.69) is 4.72 Å². The number of amides is 1.